The first-order valence-electron chi connectivity index (χ1n) is 10.7. The van der Waals surface area contributed by atoms with Gasteiger partial charge in [-0.2, -0.15) is 13.9 Å². The van der Waals surface area contributed by atoms with E-state index in [0.717, 1.165) is 0 Å². The number of rotatable bonds is 6. The lowest BCUT2D eigenvalue weighted by molar-refractivity contribution is -0.164. The van der Waals surface area contributed by atoms with E-state index in [-0.39, 0.29) is 22.7 Å². The van der Waals surface area contributed by atoms with Crippen molar-refractivity contribution in [2.24, 2.45) is 0 Å². The fourth-order valence-electron chi connectivity index (χ4n) is 4.58. The summed E-state index contributed by atoms with van der Waals surface area (Å²) in [5.41, 5.74) is 2.25. The Morgan fingerprint density at radius 3 is 2.79 bits per heavy atom. The molecule has 2 N–H and O–H groups in total. The zero-order chi connectivity index (χ0) is 24.0. The first-order valence-corrected chi connectivity index (χ1v) is 10.7. The van der Waals surface area contributed by atoms with E-state index in [4.69, 9.17) is 14.6 Å². The number of halogens is 3. The number of hydrogen-bond donors (Lipinski definition) is 2. The number of hydrogen-bond acceptors (Lipinski definition) is 5. The molecule has 0 spiro atoms. The minimum absolute atomic E-state index is 0.00737. The van der Waals surface area contributed by atoms with Crippen LogP contribution in [0, 0.1) is 5.82 Å². The molecule has 1 fully saturated rings. The second kappa shape index (κ2) is 8.32. The number of benzene rings is 1. The fraction of sp³-hybridized carbons (Fsp3) is 0.348. The van der Waals surface area contributed by atoms with E-state index in [9.17, 15) is 18.0 Å². The number of methoxy groups -OCH3 is 1. The van der Waals surface area contributed by atoms with E-state index in [1.165, 1.54) is 25.3 Å². The highest BCUT2D eigenvalue weighted by Crippen LogP contribution is 2.41. The molecule has 178 valence electrons. The third-order valence-corrected chi connectivity index (χ3v) is 6.20. The summed E-state index contributed by atoms with van der Waals surface area (Å²) in [4.78, 5) is 15.9. The smallest absolute Gasteiger partial charge is 0.374 e. The van der Waals surface area contributed by atoms with Crippen molar-refractivity contribution in [2.45, 2.75) is 31.1 Å². The van der Waals surface area contributed by atoms with E-state index < -0.39 is 24.1 Å². The molecule has 0 aliphatic carbocycles. The molecule has 5 rings (SSSR count). The minimum atomic E-state index is -4.01. The van der Waals surface area contributed by atoms with Crippen LogP contribution < -0.4 is 4.74 Å². The number of fused-ring (bicyclic) bond motifs is 2. The topological polar surface area (TPSA) is 102 Å². The summed E-state index contributed by atoms with van der Waals surface area (Å²) in [5, 5.41) is 16.5. The van der Waals surface area contributed by atoms with Gasteiger partial charge >= 0.3 is 11.9 Å². The zero-order valence-corrected chi connectivity index (χ0v) is 18.1. The third kappa shape index (κ3) is 3.65. The van der Waals surface area contributed by atoms with Gasteiger partial charge in [-0.3, -0.25) is 5.10 Å². The molecule has 0 atom stereocenters. The number of aromatic nitrogens is 4. The Kier molecular flexibility index (Phi) is 5.43. The minimum Gasteiger partial charge on any atom is -0.494 e. The number of aromatic amines is 1. The average Bonchev–Trinajstić information content (AvgIpc) is 3.40. The fourth-order valence-corrected chi connectivity index (χ4v) is 4.58. The molecule has 0 saturated carbocycles. The number of alkyl halides is 2. The second-order valence-corrected chi connectivity index (χ2v) is 8.26. The molecule has 8 nitrogen and oxygen atoms in total. The summed E-state index contributed by atoms with van der Waals surface area (Å²) in [6, 6.07) is 6.00. The Morgan fingerprint density at radius 1 is 1.32 bits per heavy atom. The third-order valence-electron chi connectivity index (χ3n) is 6.20. The van der Waals surface area contributed by atoms with Gasteiger partial charge in [0, 0.05) is 47.5 Å². The summed E-state index contributed by atoms with van der Waals surface area (Å²) in [6.45, 7) is 0.873. The number of ether oxygens (including phenoxy) is 2. The highest BCUT2D eigenvalue weighted by Gasteiger charge is 2.42. The van der Waals surface area contributed by atoms with Crippen LogP contribution in [-0.4, -0.2) is 57.1 Å². The van der Waals surface area contributed by atoms with Crippen molar-refractivity contribution in [2.75, 3.05) is 20.3 Å². The molecule has 1 aromatic carbocycles. The van der Waals surface area contributed by atoms with Crippen molar-refractivity contribution in [1.82, 2.24) is 19.7 Å². The normalized spacial score (nSPS) is 15.3. The van der Waals surface area contributed by atoms with Gasteiger partial charge in [-0.1, -0.05) is 0 Å². The quantitative estimate of drug-likeness (QED) is 0.434. The van der Waals surface area contributed by atoms with Crippen LogP contribution in [0.25, 0.3) is 27.8 Å². The van der Waals surface area contributed by atoms with E-state index in [1.54, 1.807) is 16.8 Å². The number of aliphatic carboxylic acids is 1. The molecule has 0 amide bonds. The van der Waals surface area contributed by atoms with Crippen LogP contribution in [0.15, 0.2) is 30.5 Å². The summed E-state index contributed by atoms with van der Waals surface area (Å²) < 4.78 is 55.8. The van der Waals surface area contributed by atoms with Crippen LogP contribution in [0.2, 0.25) is 0 Å². The average molecular weight is 474 g/mol. The SMILES string of the molecule is COc1cc(-n2c(C3CCOCC3)c(CC(F)(F)C(=O)O)c3nc4[nH]ncc4cc32)ccc1F. The van der Waals surface area contributed by atoms with Gasteiger partial charge in [0.2, 0.25) is 0 Å². The molecule has 0 radical (unpaired) electrons. The number of H-pyrrole nitrogens is 1. The van der Waals surface area contributed by atoms with Crippen LogP contribution in [0.1, 0.15) is 30.0 Å². The van der Waals surface area contributed by atoms with Gasteiger partial charge in [0.1, 0.15) is 0 Å². The molecule has 1 aliphatic rings. The van der Waals surface area contributed by atoms with E-state index >= 15 is 0 Å². The maximum absolute atomic E-state index is 14.6. The van der Waals surface area contributed by atoms with Crippen molar-refractivity contribution in [3.63, 3.8) is 0 Å². The number of nitrogens with one attached hydrogen (secondary N) is 1. The van der Waals surface area contributed by atoms with Crippen LogP contribution in [0.4, 0.5) is 13.2 Å². The molecule has 11 heteroatoms. The van der Waals surface area contributed by atoms with E-state index in [2.05, 4.69) is 15.2 Å². The molecular weight excluding hydrogens is 453 g/mol. The number of carboxylic acid groups (broad SMARTS) is 1. The maximum Gasteiger partial charge on any atom is 0.374 e. The van der Waals surface area contributed by atoms with Crippen molar-refractivity contribution in [3.8, 4) is 11.4 Å². The summed E-state index contributed by atoms with van der Waals surface area (Å²) in [6.07, 6.45) is 1.63. The lowest BCUT2D eigenvalue weighted by Gasteiger charge is -2.26. The molecule has 4 aromatic rings. The van der Waals surface area contributed by atoms with Gasteiger partial charge < -0.3 is 19.1 Å². The van der Waals surface area contributed by atoms with Gasteiger partial charge in [-0.15, -0.1) is 0 Å². The van der Waals surface area contributed by atoms with Gasteiger partial charge in [-0.25, -0.2) is 14.2 Å². The van der Waals surface area contributed by atoms with Crippen molar-refractivity contribution < 1.29 is 32.5 Å². The Balaban J connectivity index is 1.86. The lowest BCUT2D eigenvalue weighted by Crippen LogP contribution is -2.31. The predicted octanol–water partition coefficient (Wildman–Crippen LogP) is 4.21. The number of carboxylic acids is 1. The molecule has 4 heterocycles. The number of pyridine rings is 1. The first-order chi connectivity index (χ1) is 16.3. The predicted molar refractivity (Wildman–Crippen MR) is 116 cm³/mol. The zero-order valence-electron chi connectivity index (χ0n) is 18.1. The van der Waals surface area contributed by atoms with Gasteiger partial charge in [-0.05, 0) is 31.0 Å². The number of nitrogens with zero attached hydrogens (tertiary/aromatic N) is 3. The van der Waals surface area contributed by atoms with E-state index in [1.807, 2.05) is 0 Å². The van der Waals surface area contributed by atoms with Crippen LogP contribution in [-0.2, 0) is 16.0 Å². The molecule has 0 unspecified atom stereocenters. The molecule has 34 heavy (non-hydrogen) atoms. The Hall–Kier alpha value is -3.60. The van der Waals surface area contributed by atoms with Gasteiger partial charge in [0.25, 0.3) is 0 Å². The standard InChI is InChI=1S/C23H21F3N4O4/c1-33-18-9-14(2-3-16(18)24)30-17-8-13-11-27-29-21(13)28-19(17)15(10-23(25,26)22(31)32)20(30)12-4-6-34-7-5-12/h2-3,8-9,11-12H,4-7,10H2,1H3,(H,31,32)(H,27,28,29). The highest BCUT2D eigenvalue weighted by molar-refractivity contribution is 5.94. The second-order valence-electron chi connectivity index (χ2n) is 8.26. The van der Waals surface area contributed by atoms with Crippen molar-refractivity contribution >= 4 is 28.0 Å². The van der Waals surface area contributed by atoms with Crippen LogP contribution in [0.5, 0.6) is 5.75 Å². The summed E-state index contributed by atoms with van der Waals surface area (Å²) in [7, 11) is 1.34. The summed E-state index contributed by atoms with van der Waals surface area (Å²) in [5.74, 6) is -6.99. The Labute approximate surface area is 191 Å². The van der Waals surface area contributed by atoms with Gasteiger partial charge in [0.05, 0.1) is 30.8 Å². The summed E-state index contributed by atoms with van der Waals surface area (Å²) >= 11 is 0. The van der Waals surface area contributed by atoms with Crippen molar-refractivity contribution in [3.05, 3.63) is 47.5 Å². The van der Waals surface area contributed by atoms with Gasteiger partial charge in [0.15, 0.2) is 17.2 Å². The van der Waals surface area contributed by atoms with Crippen molar-refractivity contribution in [1.29, 1.82) is 0 Å². The lowest BCUT2D eigenvalue weighted by atomic mass is 9.91. The monoisotopic (exact) mass is 474 g/mol. The molecular formula is C23H21F3N4O4. The molecule has 1 saturated heterocycles. The number of carbonyl (C=O) groups is 1. The first kappa shape index (κ1) is 22.2. The molecule has 0 bridgehead atoms. The highest BCUT2D eigenvalue weighted by atomic mass is 19.3. The van der Waals surface area contributed by atoms with E-state index in [0.29, 0.717) is 54.0 Å². The largest absolute Gasteiger partial charge is 0.494 e. The Bertz CT molecular complexity index is 1390. The van der Waals surface area contributed by atoms with Crippen LogP contribution >= 0.6 is 0 Å². The Morgan fingerprint density at radius 2 is 2.09 bits per heavy atom. The molecule has 1 aliphatic heterocycles. The van der Waals surface area contributed by atoms with Crippen LogP contribution in [0.3, 0.4) is 0 Å². The maximum atomic E-state index is 14.6. The molecule has 3 aromatic heterocycles.